The van der Waals surface area contributed by atoms with Crippen LogP contribution in [0.3, 0.4) is 0 Å². The lowest BCUT2D eigenvalue weighted by Gasteiger charge is -2.17. The molecular weight excluding hydrogens is 186 g/mol. The molecule has 80 valence electrons. The van der Waals surface area contributed by atoms with Gasteiger partial charge in [-0.3, -0.25) is 0 Å². The van der Waals surface area contributed by atoms with Gasteiger partial charge in [0.15, 0.2) is 0 Å². The van der Waals surface area contributed by atoms with Crippen LogP contribution >= 0.6 is 0 Å². The van der Waals surface area contributed by atoms with E-state index < -0.39 is 0 Å². The van der Waals surface area contributed by atoms with Crippen molar-refractivity contribution in [2.24, 2.45) is 5.92 Å². The van der Waals surface area contributed by atoms with E-state index in [9.17, 15) is 4.39 Å². The van der Waals surface area contributed by atoms with Crippen molar-refractivity contribution in [3.63, 3.8) is 0 Å². The molecule has 0 fully saturated rings. The van der Waals surface area contributed by atoms with Gasteiger partial charge in [0.25, 0.3) is 0 Å². The van der Waals surface area contributed by atoms with Crippen molar-refractivity contribution in [3.8, 4) is 0 Å². The molecule has 2 heteroatoms. The van der Waals surface area contributed by atoms with E-state index in [0.29, 0.717) is 11.4 Å². The maximum atomic E-state index is 13.9. The van der Waals surface area contributed by atoms with Gasteiger partial charge in [-0.1, -0.05) is 24.9 Å². The molecule has 0 heterocycles. The first-order valence-electron chi connectivity index (χ1n) is 5.39. The van der Waals surface area contributed by atoms with Gasteiger partial charge in [-0.25, -0.2) is 4.39 Å². The van der Waals surface area contributed by atoms with Crippen molar-refractivity contribution < 1.29 is 4.39 Å². The van der Waals surface area contributed by atoms with Crippen LogP contribution in [0.5, 0.6) is 0 Å². The van der Waals surface area contributed by atoms with Gasteiger partial charge in [-0.15, -0.1) is 0 Å². The van der Waals surface area contributed by atoms with Crippen molar-refractivity contribution in [2.75, 3.05) is 0 Å². The molecule has 0 unspecified atom stereocenters. The molecule has 0 aliphatic carbocycles. The first-order valence-corrected chi connectivity index (χ1v) is 5.39. The lowest BCUT2D eigenvalue weighted by molar-refractivity contribution is 0.575. The molecule has 0 amide bonds. The van der Waals surface area contributed by atoms with Gasteiger partial charge in [0.2, 0.25) is 0 Å². The van der Waals surface area contributed by atoms with E-state index in [1.54, 1.807) is 0 Å². The second-order valence-electron chi connectivity index (χ2n) is 4.68. The molecule has 0 saturated carbocycles. The molecule has 0 aromatic heterocycles. The number of hydrogen-bond acceptors (Lipinski definition) is 0. The quantitative estimate of drug-likeness (QED) is 0.649. The van der Waals surface area contributed by atoms with Crippen LogP contribution in [0.2, 0.25) is 0 Å². The van der Waals surface area contributed by atoms with Gasteiger partial charge in [0.1, 0.15) is 13.7 Å². The van der Waals surface area contributed by atoms with Gasteiger partial charge in [0.05, 0.1) is 0 Å². The van der Waals surface area contributed by atoms with Gasteiger partial charge in [0, 0.05) is 0 Å². The fraction of sp³-hybridized carbons (Fsp3) is 0.538. The van der Waals surface area contributed by atoms with E-state index in [-0.39, 0.29) is 5.82 Å². The molecule has 0 bridgehead atoms. The third-order valence-corrected chi connectivity index (χ3v) is 3.10. The summed E-state index contributed by atoms with van der Waals surface area (Å²) < 4.78 is 13.9. The minimum Gasteiger partial charge on any atom is -0.207 e. The van der Waals surface area contributed by atoms with Gasteiger partial charge < -0.3 is 0 Å². The average Bonchev–Trinajstić information content (AvgIpc) is 2.18. The van der Waals surface area contributed by atoms with Gasteiger partial charge >= 0.3 is 0 Å². The third-order valence-electron chi connectivity index (χ3n) is 3.10. The Kier molecular flexibility index (Phi) is 3.59. The third kappa shape index (κ3) is 2.24. The molecule has 1 aromatic rings. The van der Waals surface area contributed by atoms with E-state index in [1.165, 1.54) is 0 Å². The normalized spacial score (nSPS) is 11.1. The van der Waals surface area contributed by atoms with Crippen molar-refractivity contribution in [2.45, 2.75) is 41.0 Å². The Labute approximate surface area is 93.3 Å². The largest absolute Gasteiger partial charge is 0.207 e. The molecular formula is C13H18BF. The van der Waals surface area contributed by atoms with Crippen LogP contribution in [0.15, 0.2) is 0 Å². The molecule has 0 saturated heterocycles. The molecule has 0 nitrogen and oxygen atoms in total. The monoisotopic (exact) mass is 204 g/mol. The summed E-state index contributed by atoms with van der Waals surface area (Å²) in [6, 6.07) is 0. The smallest absolute Gasteiger partial charge is 0.119 e. The summed E-state index contributed by atoms with van der Waals surface area (Å²) in [7, 11) is 5.75. The lowest BCUT2D eigenvalue weighted by atomic mass is 9.82. The van der Waals surface area contributed by atoms with E-state index in [2.05, 4.69) is 13.8 Å². The summed E-state index contributed by atoms with van der Waals surface area (Å²) in [6.07, 6.45) is 0.753. The SMILES string of the molecule is [B]c1c(C)c(C)c(C)c(CC(C)C)c1F. The summed E-state index contributed by atoms with van der Waals surface area (Å²) in [5.74, 6) is 0.226. The summed E-state index contributed by atoms with van der Waals surface area (Å²) in [5.41, 5.74) is 4.13. The standard InChI is InChI=1S/C13H18BF/c1-7(2)6-11-9(4)8(3)10(5)12(14)13(11)15/h7H,6H2,1-5H3. The van der Waals surface area contributed by atoms with Gasteiger partial charge in [-0.05, 0) is 49.8 Å². The Hall–Kier alpha value is -0.785. The second-order valence-corrected chi connectivity index (χ2v) is 4.68. The highest BCUT2D eigenvalue weighted by molar-refractivity contribution is 6.33. The highest BCUT2D eigenvalue weighted by Gasteiger charge is 2.15. The molecule has 0 spiro atoms. The molecule has 0 aliphatic heterocycles. The Morgan fingerprint density at radius 2 is 1.60 bits per heavy atom. The van der Waals surface area contributed by atoms with Crippen LogP contribution in [0.4, 0.5) is 4.39 Å². The van der Waals surface area contributed by atoms with Crippen LogP contribution < -0.4 is 5.46 Å². The Morgan fingerprint density at radius 3 is 2.07 bits per heavy atom. The minimum atomic E-state index is -0.218. The number of halogens is 1. The Bertz CT molecular complexity index is 352. The summed E-state index contributed by atoms with van der Waals surface area (Å²) >= 11 is 0. The fourth-order valence-electron chi connectivity index (χ4n) is 1.85. The average molecular weight is 204 g/mol. The Morgan fingerprint density at radius 1 is 1.07 bits per heavy atom. The first kappa shape index (κ1) is 12.3. The highest BCUT2D eigenvalue weighted by atomic mass is 19.1. The second kappa shape index (κ2) is 4.38. The lowest BCUT2D eigenvalue weighted by Crippen LogP contribution is -2.20. The molecule has 0 aliphatic rings. The summed E-state index contributed by atoms with van der Waals surface area (Å²) in [5, 5.41) is 0. The summed E-state index contributed by atoms with van der Waals surface area (Å²) in [6.45, 7) is 10.0. The van der Waals surface area contributed by atoms with Gasteiger partial charge in [-0.2, -0.15) is 0 Å². The fourth-order valence-corrected chi connectivity index (χ4v) is 1.85. The van der Waals surface area contributed by atoms with Crippen LogP contribution in [-0.2, 0) is 6.42 Å². The maximum Gasteiger partial charge on any atom is 0.119 e. The van der Waals surface area contributed by atoms with Crippen LogP contribution in [0.1, 0.15) is 36.1 Å². The van der Waals surface area contributed by atoms with Crippen molar-refractivity contribution in [1.82, 2.24) is 0 Å². The van der Waals surface area contributed by atoms with Crippen molar-refractivity contribution in [3.05, 3.63) is 28.1 Å². The minimum absolute atomic E-state index is 0.218. The van der Waals surface area contributed by atoms with Crippen molar-refractivity contribution in [1.29, 1.82) is 0 Å². The Balaban J connectivity index is 3.39. The number of benzene rings is 1. The zero-order valence-corrected chi connectivity index (χ0v) is 10.2. The zero-order valence-electron chi connectivity index (χ0n) is 10.2. The van der Waals surface area contributed by atoms with Crippen molar-refractivity contribution >= 4 is 13.3 Å². The maximum absolute atomic E-state index is 13.9. The number of rotatable bonds is 2. The van der Waals surface area contributed by atoms with E-state index in [4.69, 9.17) is 7.85 Å². The van der Waals surface area contributed by atoms with E-state index in [1.807, 2.05) is 20.8 Å². The number of hydrogen-bond donors (Lipinski definition) is 0. The predicted octanol–water partition coefficient (Wildman–Crippen LogP) is 2.74. The molecule has 1 rings (SSSR count). The predicted molar refractivity (Wildman–Crippen MR) is 64.5 cm³/mol. The molecule has 15 heavy (non-hydrogen) atoms. The molecule has 2 radical (unpaired) electrons. The summed E-state index contributed by atoms with van der Waals surface area (Å²) in [4.78, 5) is 0. The zero-order chi connectivity index (χ0) is 11.7. The molecule has 0 N–H and O–H groups in total. The molecule has 0 atom stereocenters. The van der Waals surface area contributed by atoms with E-state index in [0.717, 1.165) is 28.7 Å². The van der Waals surface area contributed by atoms with Crippen LogP contribution in [0, 0.1) is 32.5 Å². The highest BCUT2D eigenvalue weighted by Crippen LogP contribution is 2.21. The first-order chi connectivity index (χ1) is 6.86. The van der Waals surface area contributed by atoms with Crippen LogP contribution in [0.25, 0.3) is 0 Å². The molecule has 1 aromatic carbocycles. The van der Waals surface area contributed by atoms with E-state index >= 15 is 0 Å². The topological polar surface area (TPSA) is 0 Å². The van der Waals surface area contributed by atoms with Crippen LogP contribution in [-0.4, -0.2) is 7.85 Å².